The topological polar surface area (TPSA) is 57.7 Å². The molecule has 4 rings (SSSR count). The normalized spacial score (nSPS) is 16.5. The first-order chi connectivity index (χ1) is 12.4. The number of anilines is 2. The molecule has 0 saturated heterocycles. The quantitative estimate of drug-likeness (QED) is 0.831. The van der Waals surface area contributed by atoms with E-state index in [0.29, 0.717) is 18.7 Å². The van der Waals surface area contributed by atoms with Gasteiger partial charge in [-0.05, 0) is 67.6 Å². The molecule has 26 heavy (non-hydrogen) atoms. The average Bonchev–Trinajstić information content (AvgIpc) is 3.39. The molecule has 5 nitrogen and oxygen atoms in total. The van der Waals surface area contributed by atoms with Gasteiger partial charge in [0, 0.05) is 25.2 Å². The first-order valence-electron chi connectivity index (χ1n) is 8.88. The Hall–Kier alpha value is -2.34. The number of amides is 1. The van der Waals surface area contributed by atoms with Crippen molar-refractivity contribution in [2.45, 2.75) is 31.1 Å². The van der Waals surface area contributed by atoms with Crippen LogP contribution in [0.25, 0.3) is 0 Å². The molecule has 0 spiro atoms. The first kappa shape index (κ1) is 17.1. The molecule has 1 saturated carbocycles. The predicted molar refractivity (Wildman–Crippen MR) is 102 cm³/mol. The van der Waals surface area contributed by atoms with Gasteiger partial charge in [0.15, 0.2) is 0 Å². The molecule has 0 bridgehead atoms. The van der Waals surface area contributed by atoms with Crippen molar-refractivity contribution in [1.29, 1.82) is 0 Å². The number of sulfonamides is 1. The van der Waals surface area contributed by atoms with Gasteiger partial charge in [-0.25, -0.2) is 8.42 Å². The Morgan fingerprint density at radius 1 is 1.15 bits per heavy atom. The highest BCUT2D eigenvalue weighted by molar-refractivity contribution is 7.92. The lowest BCUT2D eigenvalue weighted by Crippen LogP contribution is -2.30. The van der Waals surface area contributed by atoms with Crippen LogP contribution in [0.1, 0.15) is 24.0 Å². The number of aryl methyl sites for hydroxylation is 1. The minimum Gasteiger partial charge on any atom is -0.312 e. The van der Waals surface area contributed by atoms with Crippen molar-refractivity contribution in [3.05, 3.63) is 53.6 Å². The summed E-state index contributed by atoms with van der Waals surface area (Å²) < 4.78 is 27.4. The van der Waals surface area contributed by atoms with Crippen LogP contribution in [0.5, 0.6) is 0 Å². The van der Waals surface area contributed by atoms with Crippen molar-refractivity contribution < 1.29 is 13.2 Å². The Labute approximate surface area is 154 Å². The molecule has 1 fully saturated rings. The molecule has 0 atom stereocenters. The van der Waals surface area contributed by atoms with Crippen LogP contribution in [0.4, 0.5) is 11.4 Å². The smallest absolute Gasteiger partial charge is 0.264 e. The fourth-order valence-electron chi connectivity index (χ4n) is 3.44. The van der Waals surface area contributed by atoms with Crippen LogP contribution in [0.2, 0.25) is 0 Å². The molecular formula is C20H22N2O3S. The number of carbonyl (C=O) groups is 1. The maximum absolute atomic E-state index is 13.0. The van der Waals surface area contributed by atoms with Gasteiger partial charge >= 0.3 is 0 Å². The minimum atomic E-state index is -3.64. The van der Waals surface area contributed by atoms with E-state index in [-0.39, 0.29) is 16.7 Å². The molecular weight excluding hydrogens is 348 g/mol. The van der Waals surface area contributed by atoms with Crippen LogP contribution in [-0.4, -0.2) is 27.9 Å². The molecule has 2 aromatic rings. The van der Waals surface area contributed by atoms with Gasteiger partial charge in [0.05, 0.1) is 10.6 Å². The molecule has 1 aliphatic carbocycles. The fraction of sp³-hybridized carbons (Fsp3) is 0.350. The van der Waals surface area contributed by atoms with Gasteiger partial charge in [-0.2, -0.15) is 0 Å². The van der Waals surface area contributed by atoms with E-state index in [9.17, 15) is 13.2 Å². The summed E-state index contributed by atoms with van der Waals surface area (Å²) in [5, 5.41) is 0. The Morgan fingerprint density at radius 3 is 2.62 bits per heavy atom. The van der Waals surface area contributed by atoms with Crippen molar-refractivity contribution in [2.24, 2.45) is 5.92 Å². The zero-order chi connectivity index (χ0) is 18.5. The van der Waals surface area contributed by atoms with Crippen molar-refractivity contribution >= 4 is 27.3 Å². The molecule has 0 aromatic heterocycles. The lowest BCUT2D eigenvalue weighted by atomic mass is 10.2. The highest BCUT2D eigenvalue weighted by Crippen LogP contribution is 2.37. The van der Waals surface area contributed by atoms with Gasteiger partial charge in [-0.3, -0.25) is 9.10 Å². The number of carbonyl (C=O) groups excluding carboxylic acids is 1. The van der Waals surface area contributed by atoms with E-state index in [4.69, 9.17) is 0 Å². The highest BCUT2D eigenvalue weighted by Gasteiger charge is 2.37. The summed E-state index contributed by atoms with van der Waals surface area (Å²) in [4.78, 5) is 14.5. The zero-order valence-electron chi connectivity index (χ0n) is 15.0. The van der Waals surface area contributed by atoms with Crippen molar-refractivity contribution in [2.75, 3.05) is 22.8 Å². The van der Waals surface area contributed by atoms with Gasteiger partial charge in [0.2, 0.25) is 5.91 Å². The SMILES string of the molecule is Cc1cccc(N(C)S(=O)(=O)c2ccc3c(c2)CCN3C(=O)C2CC2)c1. The van der Waals surface area contributed by atoms with E-state index >= 15 is 0 Å². The molecule has 136 valence electrons. The van der Waals surface area contributed by atoms with Crippen LogP contribution in [-0.2, 0) is 21.2 Å². The lowest BCUT2D eigenvalue weighted by Gasteiger charge is -2.21. The molecule has 1 amide bonds. The molecule has 0 unspecified atom stereocenters. The zero-order valence-corrected chi connectivity index (χ0v) is 15.8. The summed E-state index contributed by atoms with van der Waals surface area (Å²) in [7, 11) is -2.07. The molecule has 2 aromatic carbocycles. The Kier molecular flexibility index (Phi) is 4.03. The van der Waals surface area contributed by atoms with E-state index in [1.807, 2.05) is 30.0 Å². The molecule has 1 heterocycles. The fourth-order valence-corrected chi connectivity index (χ4v) is 4.68. The largest absolute Gasteiger partial charge is 0.312 e. The van der Waals surface area contributed by atoms with E-state index in [2.05, 4.69) is 0 Å². The van der Waals surface area contributed by atoms with E-state index in [0.717, 1.165) is 29.7 Å². The Morgan fingerprint density at radius 2 is 1.92 bits per heavy atom. The summed E-state index contributed by atoms with van der Waals surface area (Å²) in [5.74, 6) is 0.341. The Balaban J connectivity index is 1.65. The summed E-state index contributed by atoms with van der Waals surface area (Å²) in [5.41, 5.74) is 3.43. The standard InChI is InChI=1S/C20H22N2O3S/c1-14-4-3-5-17(12-14)21(2)26(24,25)18-8-9-19-16(13-18)10-11-22(19)20(23)15-6-7-15/h3-5,8-9,12-13,15H,6-7,10-11H2,1-2H3. The lowest BCUT2D eigenvalue weighted by molar-refractivity contribution is -0.119. The second-order valence-electron chi connectivity index (χ2n) is 7.12. The van der Waals surface area contributed by atoms with Crippen LogP contribution >= 0.6 is 0 Å². The number of rotatable bonds is 4. The van der Waals surface area contributed by atoms with Gasteiger partial charge < -0.3 is 4.90 Å². The van der Waals surface area contributed by atoms with Gasteiger partial charge in [-0.1, -0.05) is 12.1 Å². The third kappa shape index (κ3) is 2.88. The average molecular weight is 370 g/mol. The van der Waals surface area contributed by atoms with Crippen LogP contribution in [0.15, 0.2) is 47.4 Å². The predicted octanol–water partition coefficient (Wildman–Crippen LogP) is 3.12. The number of benzene rings is 2. The summed E-state index contributed by atoms with van der Waals surface area (Å²) >= 11 is 0. The Bertz CT molecular complexity index is 980. The maximum atomic E-state index is 13.0. The third-order valence-corrected chi connectivity index (χ3v) is 6.94. The van der Waals surface area contributed by atoms with Crippen molar-refractivity contribution in [3.63, 3.8) is 0 Å². The van der Waals surface area contributed by atoms with Gasteiger partial charge in [0.25, 0.3) is 10.0 Å². The van der Waals surface area contributed by atoms with Crippen LogP contribution in [0.3, 0.4) is 0 Å². The number of nitrogens with zero attached hydrogens (tertiary/aromatic N) is 2. The van der Waals surface area contributed by atoms with Crippen molar-refractivity contribution in [3.8, 4) is 0 Å². The number of hydrogen-bond donors (Lipinski definition) is 0. The second-order valence-corrected chi connectivity index (χ2v) is 9.09. The van der Waals surface area contributed by atoms with Crippen LogP contribution in [0, 0.1) is 12.8 Å². The second kappa shape index (κ2) is 6.13. The number of fused-ring (bicyclic) bond motifs is 1. The van der Waals surface area contributed by atoms with Gasteiger partial charge in [-0.15, -0.1) is 0 Å². The van der Waals surface area contributed by atoms with Crippen molar-refractivity contribution in [1.82, 2.24) is 0 Å². The van der Waals surface area contributed by atoms with Gasteiger partial charge in [0.1, 0.15) is 0 Å². The summed E-state index contributed by atoms with van der Waals surface area (Å²) in [6.45, 7) is 2.58. The minimum absolute atomic E-state index is 0.164. The highest BCUT2D eigenvalue weighted by atomic mass is 32.2. The maximum Gasteiger partial charge on any atom is 0.264 e. The summed E-state index contributed by atoms with van der Waals surface area (Å²) in [6.07, 6.45) is 2.64. The molecule has 0 N–H and O–H groups in total. The van der Waals surface area contributed by atoms with E-state index < -0.39 is 10.0 Å². The van der Waals surface area contributed by atoms with E-state index in [1.165, 1.54) is 4.31 Å². The number of hydrogen-bond acceptors (Lipinski definition) is 3. The first-order valence-corrected chi connectivity index (χ1v) is 10.3. The monoisotopic (exact) mass is 370 g/mol. The molecule has 6 heteroatoms. The van der Waals surface area contributed by atoms with Crippen LogP contribution < -0.4 is 9.21 Å². The molecule has 2 aliphatic rings. The molecule has 1 aliphatic heterocycles. The molecule has 0 radical (unpaired) electrons. The third-order valence-electron chi connectivity index (χ3n) is 5.16. The summed E-state index contributed by atoms with van der Waals surface area (Å²) in [6, 6.07) is 12.5. The van der Waals surface area contributed by atoms with E-state index in [1.54, 1.807) is 31.3 Å².